The third-order valence-corrected chi connectivity index (χ3v) is 5.60. The lowest BCUT2D eigenvalue weighted by Gasteiger charge is -2.31. The fourth-order valence-corrected chi connectivity index (χ4v) is 4.98. The van der Waals surface area contributed by atoms with Crippen molar-refractivity contribution >= 4 is 12.1 Å². The van der Waals surface area contributed by atoms with Gasteiger partial charge >= 0.3 is 12.1 Å². The number of carbonyl (C=O) groups excluding carboxylic acids is 1. The Morgan fingerprint density at radius 3 is 2.39 bits per heavy atom. The van der Waals surface area contributed by atoms with Crippen LogP contribution in [0.25, 0.3) is 0 Å². The lowest BCUT2D eigenvalue weighted by Crippen LogP contribution is -2.46. The van der Waals surface area contributed by atoms with Gasteiger partial charge in [-0.3, -0.25) is 4.90 Å². The zero-order valence-electron chi connectivity index (χ0n) is 13.5. The molecule has 7 heteroatoms. The van der Waals surface area contributed by atoms with Crippen LogP contribution in [0.2, 0.25) is 0 Å². The third-order valence-electron chi connectivity index (χ3n) is 5.60. The average Bonchev–Trinajstić information content (AvgIpc) is 3.05. The summed E-state index contributed by atoms with van der Waals surface area (Å²) in [5, 5.41) is 9.58. The Balaban J connectivity index is 1.82. The molecule has 3 rings (SSSR count). The van der Waals surface area contributed by atoms with E-state index in [0.717, 1.165) is 0 Å². The van der Waals surface area contributed by atoms with Gasteiger partial charge in [0.25, 0.3) is 0 Å². The Bertz CT molecular complexity index is 519. The van der Waals surface area contributed by atoms with Crippen LogP contribution in [0.4, 0.5) is 13.6 Å². The number of carboxylic acids is 1. The molecule has 2 bridgehead atoms. The molecule has 0 aromatic rings. The van der Waals surface area contributed by atoms with Gasteiger partial charge in [-0.15, -0.1) is 0 Å². The van der Waals surface area contributed by atoms with Crippen LogP contribution in [0.15, 0.2) is 0 Å². The highest BCUT2D eigenvalue weighted by molar-refractivity contribution is 5.81. The molecular weight excluding hydrogens is 308 g/mol. The van der Waals surface area contributed by atoms with Gasteiger partial charge in [-0.05, 0) is 57.3 Å². The van der Waals surface area contributed by atoms with Gasteiger partial charge in [0.15, 0.2) is 0 Å². The number of carbonyl (C=O) groups is 2. The second-order valence-electron chi connectivity index (χ2n) is 8.05. The molecule has 0 aromatic heterocycles. The van der Waals surface area contributed by atoms with Crippen molar-refractivity contribution in [1.29, 1.82) is 0 Å². The van der Waals surface area contributed by atoms with E-state index in [1.807, 2.05) is 0 Å². The molecular formula is C16H23F2NO4. The smallest absolute Gasteiger partial charge is 0.411 e. The first kappa shape index (κ1) is 16.5. The number of rotatable bonds is 2. The van der Waals surface area contributed by atoms with E-state index in [1.165, 1.54) is 4.90 Å². The van der Waals surface area contributed by atoms with Crippen LogP contribution in [0, 0.1) is 29.6 Å². The largest absolute Gasteiger partial charge is 0.480 e. The molecule has 2 saturated carbocycles. The number of likely N-dealkylation sites (tertiary alicyclic amines) is 1. The van der Waals surface area contributed by atoms with Crippen LogP contribution in [0.5, 0.6) is 0 Å². The van der Waals surface area contributed by atoms with Gasteiger partial charge in [0.1, 0.15) is 11.6 Å². The van der Waals surface area contributed by atoms with Crippen molar-refractivity contribution in [2.75, 3.05) is 6.54 Å². The summed E-state index contributed by atoms with van der Waals surface area (Å²) < 4.78 is 31.6. The molecule has 6 atom stereocenters. The van der Waals surface area contributed by atoms with Gasteiger partial charge in [-0.1, -0.05) is 0 Å². The second kappa shape index (κ2) is 5.31. The maximum absolute atomic E-state index is 13.2. The second-order valence-corrected chi connectivity index (χ2v) is 8.05. The number of fused-ring (bicyclic) bond motifs is 5. The molecule has 0 aromatic carbocycles. The van der Waals surface area contributed by atoms with Gasteiger partial charge in [0.2, 0.25) is 6.43 Å². The predicted molar refractivity (Wildman–Crippen MR) is 77.1 cm³/mol. The minimum absolute atomic E-state index is 0.0301. The normalized spacial score (nSPS) is 39.0. The highest BCUT2D eigenvalue weighted by Crippen LogP contribution is 2.61. The molecule has 0 radical (unpaired) electrons. The Morgan fingerprint density at radius 2 is 1.87 bits per heavy atom. The molecule has 2 aliphatic carbocycles. The SMILES string of the molecule is CC(C)(C)OC(=O)N1C[C@@H]2[C@H]3C[C@H](C[C@@H]3C(F)F)[C@@H]2[C@H]1C(=O)O. The fourth-order valence-electron chi connectivity index (χ4n) is 4.98. The number of alkyl halides is 2. The van der Waals surface area contributed by atoms with Crippen LogP contribution >= 0.6 is 0 Å². The number of carboxylic acid groups (broad SMARTS) is 1. The van der Waals surface area contributed by atoms with Gasteiger partial charge in [-0.25, -0.2) is 18.4 Å². The minimum atomic E-state index is -2.37. The fraction of sp³-hybridized carbons (Fsp3) is 0.875. The summed E-state index contributed by atoms with van der Waals surface area (Å²) in [6, 6.07) is -0.955. The Hall–Kier alpha value is -1.40. The number of hydrogen-bond acceptors (Lipinski definition) is 3. The van der Waals surface area contributed by atoms with E-state index in [-0.39, 0.29) is 30.2 Å². The highest BCUT2D eigenvalue weighted by atomic mass is 19.3. The molecule has 0 unspecified atom stereocenters. The van der Waals surface area contributed by atoms with Crippen LogP contribution in [0.1, 0.15) is 33.6 Å². The molecule has 0 spiro atoms. The van der Waals surface area contributed by atoms with Crippen molar-refractivity contribution < 1.29 is 28.2 Å². The molecule has 1 amide bonds. The lowest BCUT2D eigenvalue weighted by molar-refractivity contribution is -0.144. The van der Waals surface area contributed by atoms with Crippen molar-refractivity contribution in [3.8, 4) is 0 Å². The van der Waals surface area contributed by atoms with Crippen LogP contribution in [-0.2, 0) is 9.53 Å². The Morgan fingerprint density at radius 1 is 1.22 bits per heavy atom. The summed E-state index contributed by atoms with van der Waals surface area (Å²) in [6.07, 6.45) is -2.00. The van der Waals surface area contributed by atoms with E-state index < -0.39 is 36.0 Å². The number of nitrogens with zero attached hydrogens (tertiary/aromatic N) is 1. The number of hydrogen-bond donors (Lipinski definition) is 1. The molecule has 1 saturated heterocycles. The van der Waals surface area contributed by atoms with Gasteiger partial charge < -0.3 is 9.84 Å². The van der Waals surface area contributed by atoms with Crippen LogP contribution in [-0.4, -0.2) is 46.7 Å². The highest BCUT2D eigenvalue weighted by Gasteiger charge is 2.63. The van der Waals surface area contributed by atoms with Crippen molar-refractivity contribution in [3.05, 3.63) is 0 Å². The first-order chi connectivity index (χ1) is 10.6. The zero-order chi connectivity index (χ0) is 17.1. The summed E-state index contributed by atoms with van der Waals surface area (Å²) >= 11 is 0. The molecule has 1 N–H and O–H groups in total. The van der Waals surface area contributed by atoms with Crippen molar-refractivity contribution in [2.45, 2.75) is 51.7 Å². The van der Waals surface area contributed by atoms with E-state index >= 15 is 0 Å². The van der Waals surface area contributed by atoms with Gasteiger partial charge in [-0.2, -0.15) is 0 Å². The van der Waals surface area contributed by atoms with E-state index in [9.17, 15) is 23.5 Å². The van der Waals surface area contributed by atoms with Gasteiger partial charge in [0.05, 0.1) is 0 Å². The molecule has 5 nitrogen and oxygen atoms in total. The molecule has 3 fully saturated rings. The average molecular weight is 331 g/mol. The van der Waals surface area contributed by atoms with E-state index in [2.05, 4.69) is 0 Å². The van der Waals surface area contributed by atoms with Crippen LogP contribution in [0.3, 0.4) is 0 Å². The lowest BCUT2D eigenvalue weighted by atomic mass is 9.73. The maximum Gasteiger partial charge on any atom is 0.411 e. The quantitative estimate of drug-likeness (QED) is 0.845. The van der Waals surface area contributed by atoms with E-state index in [4.69, 9.17) is 4.74 Å². The summed E-state index contributed by atoms with van der Waals surface area (Å²) in [5.74, 6) is -2.31. The summed E-state index contributed by atoms with van der Waals surface area (Å²) in [5.41, 5.74) is -0.720. The summed E-state index contributed by atoms with van der Waals surface area (Å²) in [4.78, 5) is 25.3. The molecule has 3 aliphatic rings. The van der Waals surface area contributed by atoms with Gasteiger partial charge in [0, 0.05) is 12.5 Å². The molecule has 130 valence electrons. The van der Waals surface area contributed by atoms with E-state index in [0.29, 0.717) is 12.8 Å². The van der Waals surface area contributed by atoms with Crippen molar-refractivity contribution in [2.24, 2.45) is 29.6 Å². The van der Waals surface area contributed by atoms with Crippen LogP contribution < -0.4 is 0 Å². The maximum atomic E-state index is 13.2. The minimum Gasteiger partial charge on any atom is -0.480 e. The molecule has 23 heavy (non-hydrogen) atoms. The monoisotopic (exact) mass is 331 g/mol. The summed E-state index contributed by atoms with van der Waals surface area (Å²) in [7, 11) is 0. The molecule has 1 aliphatic heterocycles. The first-order valence-corrected chi connectivity index (χ1v) is 8.10. The van der Waals surface area contributed by atoms with Crippen molar-refractivity contribution in [1.82, 2.24) is 4.90 Å². The summed E-state index contributed by atoms with van der Waals surface area (Å²) in [6.45, 7) is 5.36. The predicted octanol–water partition coefficient (Wildman–Crippen LogP) is 2.84. The number of aliphatic carboxylic acids is 1. The topological polar surface area (TPSA) is 66.8 Å². The number of halogens is 2. The Labute approximate surface area is 134 Å². The number of amides is 1. The number of ether oxygens (including phenoxy) is 1. The third kappa shape index (κ3) is 2.68. The Kier molecular flexibility index (Phi) is 3.80. The molecule has 1 heterocycles. The first-order valence-electron chi connectivity index (χ1n) is 8.10. The van der Waals surface area contributed by atoms with Crippen molar-refractivity contribution in [3.63, 3.8) is 0 Å². The standard InChI is InChI=1S/C16H23F2NO4/c1-16(2,3)23-15(22)19-6-10-8-4-7(5-9(8)13(17)18)11(10)12(19)14(20)21/h7-13H,4-6H2,1-3H3,(H,20,21)/t7-,8+,9+,10-,11+,12+/m1/s1. The van der Waals surface area contributed by atoms with E-state index in [1.54, 1.807) is 20.8 Å². The zero-order valence-corrected chi connectivity index (χ0v) is 13.5.